The van der Waals surface area contributed by atoms with Crippen LogP contribution in [0.5, 0.6) is 0 Å². The summed E-state index contributed by atoms with van der Waals surface area (Å²) >= 11 is 0. The van der Waals surface area contributed by atoms with Crippen LogP contribution >= 0.6 is 0 Å². The third-order valence-corrected chi connectivity index (χ3v) is 1.99. The molecule has 0 saturated carbocycles. The fourth-order valence-corrected chi connectivity index (χ4v) is 1.06. The number of amides is 1. The highest BCUT2D eigenvalue weighted by Gasteiger charge is 2.16. The van der Waals surface area contributed by atoms with Gasteiger partial charge in [-0.25, -0.2) is 0 Å². The summed E-state index contributed by atoms with van der Waals surface area (Å²) in [7, 11) is 0. The monoisotopic (exact) mass is 245 g/mol. The van der Waals surface area contributed by atoms with Crippen LogP contribution in [0.15, 0.2) is 4.99 Å². The number of guanidine groups is 1. The number of nitrogens with zero attached hydrogens (tertiary/aromatic N) is 1. The van der Waals surface area contributed by atoms with Crippen LogP contribution in [0.25, 0.3) is 0 Å². The first kappa shape index (κ1) is 15.3. The number of carbonyl (C=O) groups excluding carboxylic acids is 2. The number of hydrogen-bond acceptors (Lipinski definition) is 5. The molecule has 0 heterocycles. The Balaban J connectivity index is 3.89. The standard InChI is InChI=1S/C9H19N5O3/c10-7(2-1-3-13-9(11)12)8(17)14-6(4-15)5-16/h4,6-7,16H,1-3,5,10H2,(H,14,17)(H4,11,12,13)/t6-,7+/m1/s1. The van der Waals surface area contributed by atoms with Crippen molar-refractivity contribution in [1.29, 1.82) is 0 Å². The molecule has 8 N–H and O–H groups in total. The SMILES string of the molecule is NC(N)=NCCC[C@H](N)C(=O)N[C@H](C=O)CO. The van der Waals surface area contributed by atoms with Gasteiger partial charge in [-0.2, -0.15) is 0 Å². The number of aldehydes is 1. The minimum absolute atomic E-state index is 0.00989. The van der Waals surface area contributed by atoms with E-state index in [2.05, 4.69) is 10.3 Å². The molecule has 0 aromatic heterocycles. The zero-order valence-electron chi connectivity index (χ0n) is 9.50. The van der Waals surface area contributed by atoms with Crippen molar-refractivity contribution >= 4 is 18.2 Å². The van der Waals surface area contributed by atoms with E-state index >= 15 is 0 Å². The van der Waals surface area contributed by atoms with Gasteiger partial charge in [-0.15, -0.1) is 0 Å². The number of aliphatic imine (C=N–C) groups is 1. The van der Waals surface area contributed by atoms with Gasteiger partial charge in [0.25, 0.3) is 0 Å². The zero-order chi connectivity index (χ0) is 13.3. The van der Waals surface area contributed by atoms with E-state index in [1.165, 1.54) is 0 Å². The van der Waals surface area contributed by atoms with E-state index in [1.54, 1.807) is 0 Å². The van der Waals surface area contributed by atoms with Crippen molar-refractivity contribution in [3.63, 3.8) is 0 Å². The van der Waals surface area contributed by atoms with E-state index in [0.717, 1.165) is 0 Å². The third kappa shape index (κ3) is 7.25. The highest BCUT2D eigenvalue weighted by Crippen LogP contribution is 1.95. The van der Waals surface area contributed by atoms with E-state index in [4.69, 9.17) is 22.3 Å². The Morgan fingerprint density at radius 2 is 2.12 bits per heavy atom. The summed E-state index contributed by atoms with van der Waals surface area (Å²) in [6.07, 6.45) is 1.39. The topological polar surface area (TPSA) is 157 Å². The Morgan fingerprint density at radius 1 is 1.47 bits per heavy atom. The normalized spacial score (nSPS) is 13.5. The average molecular weight is 245 g/mol. The molecule has 0 bridgehead atoms. The lowest BCUT2D eigenvalue weighted by atomic mass is 10.1. The number of rotatable bonds is 8. The van der Waals surface area contributed by atoms with Crippen molar-refractivity contribution in [2.24, 2.45) is 22.2 Å². The first-order valence-corrected chi connectivity index (χ1v) is 5.18. The molecule has 98 valence electrons. The number of carbonyl (C=O) groups is 2. The first-order valence-electron chi connectivity index (χ1n) is 5.18. The lowest BCUT2D eigenvalue weighted by Crippen LogP contribution is -2.47. The molecule has 8 nitrogen and oxygen atoms in total. The summed E-state index contributed by atoms with van der Waals surface area (Å²) in [5.41, 5.74) is 15.8. The number of nitrogens with two attached hydrogens (primary N) is 3. The predicted molar refractivity (Wildman–Crippen MR) is 63.0 cm³/mol. The molecular formula is C9H19N5O3. The second-order valence-electron chi connectivity index (χ2n) is 3.49. The zero-order valence-corrected chi connectivity index (χ0v) is 9.50. The molecule has 0 aliphatic rings. The molecule has 1 amide bonds. The summed E-state index contributed by atoms with van der Waals surface area (Å²) < 4.78 is 0. The Bertz CT molecular complexity index is 278. The van der Waals surface area contributed by atoms with Crippen molar-refractivity contribution in [2.75, 3.05) is 13.2 Å². The van der Waals surface area contributed by atoms with Gasteiger partial charge in [0.1, 0.15) is 12.3 Å². The second kappa shape index (κ2) is 8.48. The lowest BCUT2D eigenvalue weighted by Gasteiger charge is -2.14. The maximum Gasteiger partial charge on any atom is 0.237 e. The molecule has 0 unspecified atom stereocenters. The van der Waals surface area contributed by atoms with Crippen LogP contribution in [0.2, 0.25) is 0 Å². The number of aliphatic hydroxyl groups is 1. The Labute approximate surface area is 99.2 Å². The van der Waals surface area contributed by atoms with Crippen molar-refractivity contribution in [1.82, 2.24) is 5.32 Å². The van der Waals surface area contributed by atoms with Crippen molar-refractivity contribution < 1.29 is 14.7 Å². The van der Waals surface area contributed by atoms with Gasteiger partial charge in [0, 0.05) is 6.54 Å². The smallest absolute Gasteiger partial charge is 0.237 e. The third-order valence-electron chi connectivity index (χ3n) is 1.99. The largest absolute Gasteiger partial charge is 0.394 e. The van der Waals surface area contributed by atoms with E-state index in [9.17, 15) is 9.59 Å². The highest BCUT2D eigenvalue weighted by molar-refractivity contribution is 5.84. The number of hydrogen-bond donors (Lipinski definition) is 5. The van der Waals surface area contributed by atoms with Crippen molar-refractivity contribution in [3.05, 3.63) is 0 Å². The van der Waals surface area contributed by atoms with E-state index in [0.29, 0.717) is 25.7 Å². The maximum absolute atomic E-state index is 11.4. The fraction of sp³-hybridized carbons (Fsp3) is 0.667. The van der Waals surface area contributed by atoms with E-state index in [-0.39, 0.29) is 5.96 Å². The molecule has 0 rings (SSSR count). The molecule has 0 aliphatic carbocycles. The van der Waals surface area contributed by atoms with Gasteiger partial charge in [0.15, 0.2) is 5.96 Å². The maximum atomic E-state index is 11.4. The number of aliphatic hydroxyl groups excluding tert-OH is 1. The second-order valence-corrected chi connectivity index (χ2v) is 3.49. The molecule has 0 spiro atoms. The number of nitrogens with one attached hydrogen (secondary N) is 1. The van der Waals surface area contributed by atoms with Gasteiger partial charge < -0.3 is 32.4 Å². The molecule has 2 atom stereocenters. The molecule has 0 fully saturated rings. The van der Waals surface area contributed by atoms with Gasteiger partial charge in [-0.3, -0.25) is 9.79 Å². The molecule has 0 aromatic carbocycles. The Morgan fingerprint density at radius 3 is 2.59 bits per heavy atom. The molecule has 17 heavy (non-hydrogen) atoms. The van der Waals surface area contributed by atoms with Gasteiger partial charge in [0.05, 0.1) is 12.6 Å². The molecule has 0 aromatic rings. The Hall–Kier alpha value is -1.67. The summed E-state index contributed by atoms with van der Waals surface area (Å²) in [6, 6.07) is -1.66. The van der Waals surface area contributed by atoms with Gasteiger partial charge in [-0.1, -0.05) is 0 Å². The fourth-order valence-electron chi connectivity index (χ4n) is 1.06. The summed E-state index contributed by atoms with van der Waals surface area (Å²) in [4.78, 5) is 25.5. The minimum Gasteiger partial charge on any atom is -0.394 e. The van der Waals surface area contributed by atoms with Crippen molar-refractivity contribution in [2.45, 2.75) is 24.9 Å². The summed E-state index contributed by atoms with van der Waals surface area (Å²) in [5, 5.41) is 11.0. The van der Waals surface area contributed by atoms with Crippen LogP contribution in [0.1, 0.15) is 12.8 Å². The van der Waals surface area contributed by atoms with Gasteiger partial charge >= 0.3 is 0 Å². The van der Waals surface area contributed by atoms with E-state index in [1.807, 2.05) is 0 Å². The quantitative estimate of drug-likeness (QED) is 0.133. The van der Waals surface area contributed by atoms with Gasteiger partial charge in [-0.05, 0) is 12.8 Å². The minimum atomic E-state index is -0.911. The van der Waals surface area contributed by atoms with Crippen LogP contribution in [0, 0.1) is 0 Å². The summed E-state index contributed by atoms with van der Waals surface area (Å²) in [5.74, 6) is -0.495. The van der Waals surface area contributed by atoms with Crippen molar-refractivity contribution in [3.8, 4) is 0 Å². The predicted octanol–water partition coefficient (Wildman–Crippen LogP) is -2.96. The van der Waals surface area contributed by atoms with Crippen LogP contribution in [0.4, 0.5) is 0 Å². The molecular weight excluding hydrogens is 226 g/mol. The molecule has 0 aliphatic heterocycles. The molecule has 8 heteroatoms. The highest BCUT2D eigenvalue weighted by atomic mass is 16.3. The molecule has 0 saturated heterocycles. The van der Waals surface area contributed by atoms with Crippen LogP contribution < -0.4 is 22.5 Å². The van der Waals surface area contributed by atoms with E-state index < -0.39 is 24.6 Å². The summed E-state index contributed by atoms with van der Waals surface area (Å²) in [6.45, 7) is -0.0591. The van der Waals surface area contributed by atoms with Gasteiger partial charge in [0.2, 0.25) is 5.91 Å². The Kier molecular flexibility index (Phi) is 7.65. The molecule has 0 radical (unpaired) electrons. The lowest BCUT2D eigenvalue weighted by molar-refractivity contribution is -0.125. The van der Waals surface area contributed by atoms with Crippen LogP contribution in [0.3, 0.4) is 0 Å². The first-order chi connectivity index (χ1) is 8.01. The average Bonchev–Trinajstić information content (AvgIpc) is 2.30. The van der Waals surface area contributed by atoms with Crippen LogP contribution in [-0.4, -0.2) is 48.5 Å². The van der Waals surface area contributed by atoms with Crippen LogP contribution in [-0.2, 0) is 9.59 Å².